The number of rotatable bonds is 4. The van der Waals surface area contributed by atoms with Gasteiger partial charge in [0.05, 0.1) is 12.2 Å². The summed E-state index contributed by atoms with van der Waals surface area (Å²) in [5, 5.41) is 44.8. The lowest BCUT2D eigenvalue weighted by Crippen LogP contribution is -2.47. The van der Waals surface area contributed by atoms with Crippen molar-refractivity contribution < 1.29 is 25.5 Å². The van der Waals surface area contributed by atoms with E-state index in [-0.39, 0.29) is 0 Å². The van der Waals surface area contributed by atoms with Crippen LogP contribution in [0.4, 0.5) is 0 Å². The lowest BCUT2D eigenvalue weighted by molar-refractivity contribution is -0.127. The van der Waals surface area contributed by atoms with Gasteiger partial charge in [-0.1, -0.05) is 0 Å². The summed E-state index contributed by atoms with van der Waals surface area (Å²) in [6.45, 7) is 2.56. The van der Waals surface area contributed by atoms with E-state index in [9.17, 15) is 0 Å². The largest absolute Gasteiger partial charge is 0.391 e. The first-order valence-corrected chi connectivity index (χ1v) is 3.78. The molecule has 0 aromatic carbocycles. The van der Waals surface area contributed by atoms with Crippen LogP contribution in [0.5, 0.6) is 0 Å². The van der Waals surface area contributed by atoms with E-state index < -0.39 is 30.5 Å². The van der Waals surface area contributed by atoms with E-state index in [4.69, 9.17) is 25.5 Å². The van der Waals surface area contributed by atoms with E-state index in [0.29, 0.717) is 0 Å². The Kier molecular flexibility index (Phi) is 4.66. The second kappa shape index (κ2) is 4.74. The molecule has 0 aromatic heterocycles. The third-order valence-corrected chi connectivity index (χ3v) is 1.69. The third-order valence-electron chi connectivity index (χ3n) is 1.69. The monoisotopic (exact) mass is 180 g/mol. The van der Waals surface area contributed by atoms with Crippen LogP contribution in [-0.4, -0.2) is 56.1 Å². The molecule has 5 N–H and O–H groups in total. The summed E-state index contributed by atoms with van der Waals surface area (Å²) in [4.78, 5) is 0. The van der Waals surface area contributed by atoms with Crippen LogP contribution in [0, 0.1) is 0 Å². The smallest absolute Gasteiger partial charge is 0.111 e. The van der Waals surface area contributed by atoms with Gasteiger partial charge in [-0.3, -0.25) is 0 Å². The average Bonchev–Trinajstić information content (AvgIpc) is 2.00. The normalized spacial score (nSPS) is 24.2. The highest BCUT2D eigenvalue weighted by molar-refractivity contribution is 4.81. The van der Waals surface area contributed by atoms with Crippen LogP contribution in [0.25, 0.3) is 0 Å². The molecule has 0 aliphatic rings. The topological polar surface area (TPSA) is 101 Å². The standard InChI is InChI=1S/C7H16O5/c1-3(8)5(10)7(12)6(11)4(2)9/h3-12H,1-2H3/t3-,4?,5-,6-,7?/m0/s1. The molecule has 12 heavy (non-hydrogen) atoms. The van der Waals surface area contributed by atoms with Gasteiger partial charge in [-0.25, -0.2) is 0 Å². The zero-order valence-electron chi connectivity index (χ0n) is 7.12. The third kappa shape index (κ3) is 3.04. The Morgan fingerprint density at radius 1 is 0.583 bits per heavy atom. The Balaban J connectivity index is 4.08. The second-order valence-corrected chi connectivity index (χ2v) is 2.95. The van der Waals surface area contributed by atoms with Gasteiger partial charge in [0.2, 0.25) is 0 Å². The first kappa shape index (κ1) is 11.8. The van der Waals surface area contributed by atoms with E-state index >= 15 is 0 Å². The first-order valence-electron chi connectivity index (χ1n) is 3.78. The number of hydrogen-bond donors (Lipinski definition) is 5. The van der Waals surface area contributed by atoms with E-state index in [1.807, 2.05) is 0 Å². The molecular formula is C7H16O5. The maximum absolute atomic E-state index is 9.11. The quantitative estimate of drug-likeness (QED) is 0.339. The molecule has 0 saturated carbocycles. The predicted molar refractivity (Wildman–Crippen MR) is 41.4 cm³/mol. The molecule has 0 aromatic rings. The lowest BCUT2D eigenvalue weighted by Gasteiger charge is -2.26. The van der Waals surface area contributed by atoms with Crippen LogP contribution in [0.3, 0.4) is 0 Å². The zero-order chi connectivity index (χ0) is 9.89. The van der Waals surface area contributed by atoms with Crippen LogP contribution >= 0.6 is 0 Å². The molecule has 0 aliphatic carbocycles. The Bertz CT molecular complexity index is 111. The second-order valence-electron chi connectivity index (χ2n) is 2.95. The highest BCUT2D eigenvalue weighted by atomic mass is 16.4. The Labute approximate surface area is 70.9 Å². The minimum absolute atomic E-state index is 1.15. The van der Waals surface area contributed by atoms with Crippen LogP contribution in [0.15, 0.2) is 0 Å². The Morgan fingerprint density at radius 2 is 0.833 bits per heavy atom. The summed E-state index contributed by atoms with van der Waals surface area (Å²) >= 11 is 0. The SMILES string of the molecule is CC(O)[C@H](O)C(O)[C@@H](O)[C@H](C)O. The van der Waals surface area contributed by atoms with Gasteiger partial charge in [0.1, 0.15) is 18.3 Å². The van der Waals surface area contributed by atoms with Gasteiger partial charge in [0, 0.05) is 0 Å². The molecule has 74 valence electrons. The first-order chi connectivity index (χ1) is 5.37. The van der Waals surface area contributed by atoms with Gasteiger partial charge in [0.25, 0.3) is 0 Å². The van der Waals surface area contributed by atoms with Crippen molar-refractivity contribution in [3.63, 3.8) is 0 Å². The van der Waals surface area contributed by atoms with Gasteiger partial charge in [-0.05, 0) is 13.8 Å². The van der Waals surface area contributed by atoms with Crippen molar-refractivity contribution >= 4 is 0 Å². The molecular weight excluding hydrogens is 164 g/mol. The van der Waals surface area contributed by atoms with Gasteiger partial charge in [-0.2, -0.15) is 0 Å². The van der Waals surface area contributed by atoms with E-state index in [0.717, 1.165) is 0 Å². The van der Waals surface area contributed by atoms with Gasteiger partial charge in [-0.15, -0.1) is 0 Å². The molecule has 0 bridgehead atoms. The minimum atomic E-state index is -1.54. The van der Waals surface area contributed by atoms with Crippen molar-refractivity contribution in [2.24, 2.45) is 0 Å². The summed E-state index contributed by atoms with van der Waals surface area (Å²) < 4.78 is 0. The highest BCUT2D eigenvalue weighted by Gasteiger charge is 2.30. The number of aliphatic hydroxyl groups excluding tert-OH is 5. The van der Waals surface area contributed by atoms with Gasteiger partial charge >= 0.3 is 0 Å². The van der Waals surface area contributed by atoms with Crippen molar-refractivity contribution in [2.75, 3.05) is 0 Å². The van der Waals surface area contributed by atoms with Crippen molar-refractivity contribution in [1.82, 2.24) is 0 Å². The maximum atomic E-state index is 9.11. The fourth-order valence-corrected chi connectivity index (χ4v) is 0.773. The molecule has 0 spiro atoms. The van der Waals surface area contributed by atoms with E-state index in [1.54, 1.807) is 0 Å². The van der Waals surface area contributed by atoms with Crippen molar-refractivity contribution in [1.29, 1.82) is 0 Å². The molecule has 0 heterocycles. The van der Waals surface area contributed by atoms with E-state index in [2.05, 4.69) is 0 Å². The summed E-state index contributed by atoms with van der Waals surface area (Å²) in [6, 6.07) is 0. The van der Waals surface area contributed by atoms with Crippen LogP contribution in [0.1, 0.15) is 13.8 Å². The molecule has 5 atom stereocenters. The molecule has 0 aliphatic heterocycles. The maximum Gasteiger partial charge on any atom is 0.111 e. The fourth-order valence-electron chi connectivity index (χ4n) is 0.773. The van der Waals surface area contributed by atoms with E-state index in [1.165, 1.54) is 13.8 Å². The molecule has 0 amide bonds. The van der Waals surface area contributed by atoms with Crippen LogP contribution < -0.4 is 0 Å². The lowest BCUT2D eigenvalue weighted by atomic mass is 10.0. The van der Waals surface area contributed by atoms with Crippen molar-refractivity contribution in [3.05, 3.63) is 0 Å². The molecule has 2 unspecified atom stereocenters. The minimum Gasteiger partial charge on any atom is -0.391 e. The summed E-state index contributed by atoms with van der Waals surface area (Å²) in [5.74, 6) is 0. The summed E-state index contributed by atoms with van der Waals surface area (Å²) in [5.41, 5.74) is 0. The highest BCUT2D eigenvalue weighted by Crippen LogP contribution is 2.07. The molecule has 5 nitrogen and oxygen atoms in total. The van der Waals surface area contributed by atoms with Crippen LogP contribution in [-0.2, 0) is 0 Å². The summed E-state index contributed by atoms with van der Waals surface area (Å²) in [7, 11) is 0. The predicted octanol–water partition coefficient (Wildman–Crippen LogP) is -2.17. The van der Waals surface area contributed by atoms with Crippen LogP contribution in [0.2, 0.25) is 0 Å². The Morgan fingerprint density at radius 3 is 1.00 bits per heavy atom. The number of hydrogen-bond acceptors (Lipinski definition) is 5. The average molecular weight is 180 g/mol. The van der Waals surface area contributed by atoms with Crippen molar-refractivity contribution in [3.8, 4) is 0 Å². The molecule has 0 fully saturated rings. The number of aliphatic hydroxyl groups is 5. The van der Waals surface area contributed by atoms with Gasteiger partial charge < -0.3 is 25.5 Å². The molecule has 5 heteroatoms. The van der Waals surface area contributed by atoms with Gasteiger partial charge in [0.15, 0.2) is 0 Å². The zero-order valence-corrected chi connectivity index (χ0v) is 7.12. The summed E-state index contributed by atoms with van der Waals surface area (Å²) in [6.07, 6.45) is -6.73. The van der Waals surface area contributed by atoms with Crippen molar-refractivity contribution in [2.45, 2.75) is 44.4 Å². The molecule has 0 radical (unpaired) electrons. The molecule has 0 saturated heterocycles. The molecule has 0 rings (SSSR count). The Hall–Kier alpha value is -0.200. The fraction of sp³-hybridized carbons (Fsp3) is 1.00.